The van der Waals surface area contributed by atoms with Crippen LogP contribution >= 0.6 is 0 Å². The molecule has 0 aromatic carbocycles. The quantitative estimate of drug-likeness (QED) is 0.846. The molecule has 0 bridgehead atoms. The fraction of sp³-hybridized carbons (Fsp3) is 0.357. The zero-order valence-electron chi connectivity index (χ0n) is 10.9. The maximum Gasteiger partial charge on any atom is 0.218 e. The van der Waals surface area contributed by atoms with Crippen molar-refractivity contribution in [2.45, 2.75) is 20.0 Å². The molecule has 0 amide bonds. The molecule has 0 aliphatic carbocycles. The number of nitrogens with zero attached hydrogens (tertiary/aromatic N) is 2. The molecule has 96 valence electrons. The van der Waals surface area contributed by atoms with Crippen molar-refractivity contribution in [1.29, 1.82) is 0 Å². The van der Waals surface area contributed by atoms with Crippen LogP contribution in [0.15, 0.2) is 36.7 Å². The van der Waals surface area contributed by atoms with Crippen LogP contribution in [0.25, 0.3) is 0 Å². The van der Waals surface area contributed by atoms with Gasteiger partial charge in [-0.25, -0.2) is 4.98 Å². The van der Waals surface area contributed by atoms with Gasteiger partial charge in [0.05, 0.1) is 13.7 Å². The highest BCUT2D eigenvalue weighted by Crippen LogP contribution is 2.16. The maximum absolute atomic E-state index is 5.28. The summed E-state index contributed by atoms with van der Waals surface area (Å²) in [7, 11) is 1.65. The molecule has 0 atom stereocenters. The molecule has 0 saturated carbocycles. The van der Waals surface area contributed by atoms with Crippen LogP contribution in [-0.2, 0) is 13.1 Å². The first kappa shape index (κ1) is 12.6. The van der Waals surface area contributed by atoms with E-state index in [1.807, 2.05) is 12.1 Å². The third kappa shape index (κ3) is 2.90. The molecule has 0 unspecified atom stereocenters. The van der Waals surface area contributed by atoms with Crippen LogP contribution in [0.1, 0.15) is 18.2 Å². The van der Waals surface area contributed by atoms with E-state index in [0.29, 0.717) is 5.88 Å². The molecule has 18 heavy (non-hydrogen) atoms. The highest BCUT2D eigenvalue weighted by atomic mass is 16.5. The Bertz CT molecular complexity index is 493. The summed E-state index contributed by atoms with van der Waals surface area (Å²) in [5.41, 5.74) is 2.36. The summed E-state index contributed by atoms with van der Waals surface area (Å²) in [6.07, 6.45) is 3.83. The van der Waals surface area contributed by atoms with E-state index >= 15 is 0 Å². The van der Waals surface area contributed by atoms with Gasteiger partial charge in [0, 0.05) is 30.2 Å². The van der Waals surface area contributed by atoms with Crippen molar-refractivity contribution >= 4 is 0 Å². The van der Waals surface area contributed by atoms with Gasteiger partial charge in [0.15, 0.2) is 0 Å². The van der Waals surface area contributed by atoms with Gasteiger partial charge in [-0.05, 0) is 24.7 Å². The number of pyridine rings is 1. The summed E-state index contributed by atoms with van der Waals surface area (Å²) < 4.78 is 7.49. The van der Waals surface area contributed by atoms with Crippen molar-refractivity contribution in [3.63, 3.8) is 0 Å². The molecule has 1 N–H and O–H groups in total. The minimum atomic E-state index is 0.695. The molecular weight excluding hydrogens is 226 g/mol. The fourth-order valence-electron chi connectivity index (χ4n) is 1.93. The van der Waals surface area contributed by atoms with Crippen molar-refractivity contribution in [1.82, 2.24) is 14.9 Å². The zero-order valence-corrected chi connectivity index (χ0v) is 10.9. The second-order valence-electron chi connectivity index (χ2n) is 4.08. The topological polar surface area (TPSA) is 39.1 Å². The number of rotatable bonds is 6. The molecule has 0 saturated heterocycles. The molecule has 0 spiro atoms. The van der Waals surface area contributed by atoms with Crippen LogP contribution in [-0.4, -0.2) is 23.2 Å². The SMILES string of the molecule is CCNCc1cccn1Cc1cccnc1OC. The van der Waals surface area contributed by atoms with Crippen molar-refractivity contribution in [2.24, 2.45) is 0 Å². The van der Waals surface area contributed by atoms with E-state index in [0.717, 1.165) is 25.2 Å². The van der Waals surface area contributed by atoms with Gasteiger partial charge in [-0.1, -0.05) is 13.0 Å². The van der Waals surface area contributed by atoms with Gasteiger partial charge in [0.25, 0.3) is 0 Å². The molecule has 2 aromatic rings. The fourth-order valence-corrected chi connectivity index (χ4v) is 1.93. The molecule has 0 fully saturated rings. The largest absolute Gasteiger partial charge is 0.481 e. The van der Waals surface area contributed by atoms with Gasteiger partial charge in [-0.2, -0.15) is 0 Å². The van der Waals surface area contributed by atoms with Gasteiger partial charge in [0.2, 0.25) is 5.88 Å². The van der Waals surface area contributed by atoms with Gasteiger partial charge in [0.1, 0.15) is 0 Å². The van der Waals surface area contributed by atoms with Gasteiger partial charge in [-0.15, -0.1) is 0 Å². The average molecular weight is 245 g/mol. The summed E-state index contributed by atoms with van der Waals surface area (Å²) in [6, 6.07) is 8.18. The monoisotopic (exact) mass is 245 g/mol. The van der Waals surface area contributed by atoms with Gasteiger partial charge < -0.3 is 14.6 Å². The van der Waals surface area contributed by atoms with Crippen molar-refractivity contribution in [2.75, 3.05) is 13.7 Å². The van der Waals surface area contributed by atoms with Crippen LogP contribution in [0, 0.1) is 0 Å². The number of nitrogens with one attached hydrogen (secondary N) is 1. The first-order valence-corrected chi connectivity index (χ1v) is 6.17. The molecule has 2 heterocycles. The Hall–Kier alpha value is -1.81. The molecule has 0 aliphatic heterocycles. The van der Waals surface area contributed by atoms with Crippen LogP contribution in [0.3, 0.4) is 0 Å². The lowest BCUT2D eigenvalue weighted by Crippen LogP contribution is -2.15. The normalized spacial score (nSPS) is 10.6. The molecular formula is C14H19N3O. The summed E-state index contributed by atoms with van der Waals surface area (Å²) in [5, 5.41) is 3.34. The Balaban J connectivity index is 2.15. The second-order valence-corrected chi connectivity index (χ2v) is 4.08. The highest BCUT2D eigenvalue weighted by Gasteiger charge is 2.06. The van der Waals surface area contributed by atoms with E-state index in [9.17, 15) is 0 Å². The lowest BCUT2D eigenvalue weighted by Gasteiger charge is -2.11. The number of hydrogen-bond donors (Lipinski definition) is 1. The van der Waals surface area contributed by atoms with Crippen molar-refractivity contribution in [3.05, 3.63) is 47.9 Å². The summed E-state index contributed by atoms with van der Waals surface area (Å²) in [5.74, 6) is 0.695. The van der Waals surface area contributed by atoms with Crippen molar-refractivity contribution < 1.29 is 4.74 Å². The van der Waals surface area contributed by atoms with Gasteiger partial charge >= 0.3 is 0 Å². The third-order valence-corrected chi connectivity index (χ3v) is 2.86. The van der Waals surface area contributed by atoms with E-state index in [2.05, 4.69) is 40.1 Å². The number of methoxy groups -OCH3 is 1. The van der Waals surface area contributed by atoms with E-state index in [-0.39, 0.29) is 0 Å². The van der Waals surface area contributed by atoms with Crippen LogP contribution in [0.5, 0.6) is 5.88 Å². The Morgan fingerprint density at radius 2 is 2.22 bits per heavy atom. The van der Waals surface area contributed by atoms with Crippen LogP contribution < -0.4 is 10.1 Å². The second kappa shape index (κ2) is 6.21. The number of hydrogen-bond acceptors (Lipinski definition) is 3. The predicted molar refractivity (Wildman–Crippen MR) is 71.7 cm³/mol. The average Bonchev–Trinajstić information content (AvgIpc) is 2.84. The first-order valence-electron chi connectivity index (χ1n) is 6.17. The van der Waals surface area contributed by atoms with E-state index in [1.165, 1.54) is 5.69 Å². The minimum Gasteiger partial charge on any atom is -0.481 e. The summed E-state index contributed by atoms with van der Waals surface area (Å²) >= 11 is 0. The Kier molecular flexibility index (Phi) is 4.36. The first-order chi connectivity index (χ1) is 8.85. The maximum atomic E-state index is 5.28. The van der Waals surface area contributed by atoms with E-state index in [1.54, 1.807) is 13.3 Å². The zero-order chi connectivity index (χ0) is 12.8. The standard InChI is InChI=1S/C14H19N3O/c1-3-15-10-13-7-5-9-17(13)11-12-6-4-8-16-14(12)18-2/h4-9,15H,3,10-11H2,1-2H3. The van der Waals surface area contributed by atoms with Crippen LogP contribution in [0.4, 0.5) is 0 Å². The molecule has 4 nitrogen and oxygen atoms in total. The predicted octanol–water partition coefficient (Wildman–Crippen LogP) is 2.05. The molecule has 2 aromatic heterocycles. The lowest BCUT2D eigenvalue weighted by atomic mass is 10.2. The summed E-state index contributed by atoms with van der Waals surface area (Å²) in [4.78, 5) is 4.22. The summed E-state index contributed by atoms with van der Waals surface area (Å²) in [6.45, 7) is 4.75. The number of ether oxygens (including phenoxy) is 1. The van der Waals surface area contributed by atoms with Gasteiger partial charge in [-0.3, -0.25) is 0 Å². The van der Waals surface area contributed by atoms with E-state index < -0.39 is 0 Å². The third-order valence-electron chi connectivity index (χ3n) is 2.86. The minimum absolute atomic E-state index is 0.695. The smallest absolute Gasteiger partial charge is 0.218 e. The number of aromatic nitrogens is 2. The molecule has 4 heteroatoms. The molecule has 0 radical (unpaired) electrons. The van der Waals surface area contributed by atoms with Crippen LogP contribution in [0.2, 0.25) is 0 Å². The molecule has 2 rings (SSSR count). The lowest BCUT2D eigenvalue weighted by molar-refractivity contribution is 0.391. The Morgan fingerprint density at radius 3 is 3.00 bits per heavy atom. The molecule has 0 aliphatic rings. The Labute approximate surface area is 108 Å². The van der Waals surface area contributed by atoms with Crippen molar-refractivity contribution in [3.8, 4) is 5.88 Å². The van der Waals surface area contributed by atoms with E-state index in [4.69, 9.17) is 4.74 Å². The Morgan fingerprint density at radius 1 is 1.33 bits per heavy atom. The highest BCUT2D eigenvalue weighted by molar-refractivity contribution is 5.26.